The van der Waals surface area contributed by atoms with Crippen LogP contribution in [0, 0.1) is 11.3 Å². The van der Waals surface area contributed by atoms with Gasteiger partial charge in [-0.15, -0.1) is 0 Å². The van der Waals surface area contributed by atoms with Crippen molar-refractivity contribution in [3.05, 3.63) is 30.1 Å². The number of carbonyl (C=O) groups is 1. The third kappa shape index (κ3) is 2.89. The van der Waals surface area contributed by atoms with Crippen LogP contribution in [-0.2, 0) is 0 Å². The first-order chi connectivity index (χ1) is 10.7. The first kappa shape index (κ1) is 14.2. The molecule has 118 valence electrons. The highest BCUT2D eigenvalue weighted by Crippen LogP contribution is 2.41. The Kier molecular flexibility index (Phi) is 3.65. The van der Waals surface area contributed by atoms with E-state index in [4.69, 9.17) is 0 Å². The molecule has 22 heavy (non-hydrogen) atoms. The fourth-order valence-corrected chi connectivity index (χ4v) is 4.24. The van der Waals surface area contributed by atoms with Gasteiger partial charge in [0.05, 0.1) is 5.56 Å². The Bertz CT molecular complexity index is 543. The van der Waals surface area contributed by atoms with Gasteiger partial charge in [-0.1, -0.05) is 0 Å². The molecule has 0 aromatic carbocycles. The van der Waals surface area contributed by atoms with Crippen LogP contribution in [0.1, 0.15) is 42.5 Å². The second kappa shape index (κ2) is 5.65. The minimum Gasteiger partial charge on any atom is -0.338 e. The molecule has 4 heteroatoms. The largest absolute Gasteiger partial charge is 0.338 e. The highest BCUT2D eigenvalue weighted by atomic mass is 16.2. The first-order valence-electron chi connectivity index (χ1n) is 8.66. The summed E-state index contributed by atoms with van der Waals surface area (Å²) in [6, 6.07) is 3.73. The molecule has 2 aliphatic heterocycles. The molecule has 3 heterocycles. The minimum atomic E-state index is 0.160. The molecule has 3 fully saturated rings. The first-order valence-corrected chi connectivity index (χ1v) is 8.66. The molecule has 1 atom stereocenters. The van der Waals surface area contributed by atoms with Crippen molar-refractivity contribution in [3.8, 4) is 0 Å². The lowest BCUT2D eigenvalue weighted by Gasteiger charge is -2.40. The topological polar surface area (TPSA) is 36.4 Å². The standard InChI is InChI=1S/C18H25N3O/c22-17(16-3-1-8-19-11-16)21-9-2-6-18(14-21)7-10-20(13-18)12-15-4-5-15/h1,3,8,11,15H,2,4-7,9-10,12-14H2/t18-/m1/s1. The Hall–Kier alpha value is -1.42. The van der Waals surface area contributed by atoms with Gasteiger partial charge in [-0.25, -0.2) is 0 Å². The number of hydrogen-bond donors (Lipinski definition) is 0. The summed E-state index contributed by atoms with van der Waals surface area (Å²) in [7, 11) is 0. The van der Waals surface area contributed by atoms with Gasteiger partial charge in [0.15, 0.2) is 0 Å². The van der Waals surface area contributed by atoms with Crippen molar-refractivity contribution < 1.29 is 4.79 Å². The Labute approximate surface area is 132 Å². The van der Waals surface area contributed by atoms with E-state index >= 15 is 0 Å². The van der Waals surface area contributed by atoms with E-state index in [-0.39, 0.29) is 5.91 Å². The van der Waals surface area contributed by atoms with Crippen molar-refractivity contribution in [1.82, 2.24) is 14.8 Å². The molecule has 2 saturated heterocycles. The molecule has 0 bridgehead atoms. The minimum absolute atomic E-state index is 0.160. The molecule has 1 saturated carbocycles. The zero-order valence-electron chi connectivity index (χ0n) is 13.2. The zero-order valence-corrected chi connectivity index (χ0v) is 13.2. The van der Waals surface area contributed by atoms with Crippen molar-refractivity contribution in [2.75, 3.05) is 32.7 Å². The van der Waals surface area contributed by atoms with Crippen LogP contribution in [0.3, 0.4) is 0 Å². The highest BCUT2D eigenvalue weighted by Gasteiger charge is 2.43. The van der Waals surface area contributed by atoms with Crippen LogP contribution in [0.4, 0.5) is 0 Å². The Balaban J connectivity index is 1.42. The monoisotopic (exact) mass is 299 g/mol. The van der Waals surface area contributed by atoms with Gasteiger partial charge in [0.25, 0.3) is 5.91 Å². The summed E-state index contributed by atoms with van der Waals surface area (Å²) < 4.78 is 0. The predicted octanol–water partition coefficient (Wildman–Crippen LogP) is 2.42. The van der Waals surface area contributed by atoms with E-state index in [1.807, 2.05) is 12.1 Å². The SMILES string of the molecule is O=C(c1cccnc1)N1CCC[C@]2(CCN(CC3CC3)C2)C1. The van der Waals surface area contributed by atoms with Gasteiger partial charge < -0.3 is 9.80 Å². The molecule has 1 spiro atoms. The number of carbonyl (C=O) groups excluding carboxylic acids is 1. The van der Waals surface area contributed by atoms with Crippen LogP contribution < -0.4 is 0 Å². The zero-order chi connectivity index (χ0) is 15.0. The van der Waals surface area contributed by atoms with Crippen LogP contribution in [0.5, 0.6) is 0 Å². The number of nitrogens with zero attached hydrogens (tertiary/aromatic N) is 3. The van der Waals surface area contributed by atoms with Gasteiger partial charge in [0.1, 0.15) is 0 Å². The highest BCUT2D eigenvalue weighted by molar-refractivity contribution is 5.94. The molecular weight excluding hydrogens is 274 g/mol. The molecule has 0 radical (unpaired) electrons. The number of amides is 1. The van der Waals surface area contributed by atoms with Crippen LogP contribution in [0.2, 0.25) is 0 Å². The van der Waals surface area contributed by atoms with Gasteiger partial charge in [0.2, 0.25) is 0 Å². The van der Waals surface area contributed by atoms with Crippen LogP contribution in [-0.4, -0.2) is 53.4 Å². The number of hydrogen-bond acceptors (Lipinski definition) is 3. The summed E-state index contributed by atoms with van der Waals surface area (Å²) in [5.74, 6) is 1.12. The molecule has 4 rings (SSSR count). The fourth-order valence-electron chi connectivity index (χ4n) is 4.24. The van der Waals surface area contributed by atoms with E-state index < -0.39 is 0 Å². The summed E-state index contributed by atoms with van der Waals surface area (Å²) in [4.78, 5) is 21.5. The average molecular weight is 299 g/mol. The van der Waals surface area contributed by atoms with E-state index in [1.165, 1.54) is 45.3 Å². The lowest BCUT2D eigenvalue weighted by atomic mass is 9.79. The van der Waals surface area contributed by atoms with Crippen LogP contribution in [0.25, 0.3) is 0 Å². The average Bonchev–Trinajstić information content (AvgIpc) is 3.29. The normalized spacial score (nSPS) is 29.2. The van der Waals surface area contributed by atoms with E-state index in [1.54, 1.807) is 12.4 Å². The fraction of sp³-hybridized carbons (Fsp3) is 0.667. The van der Waals surface area contributed by atoms with Crippen molar-refractivity contribution in [1.29, 1.82) is 0 Å². The Morgan fingerprint density at radius 3 is 2.95 bits per heavy atom. The van der Waals surface area contributed by atoms with Gasteiger partial charge in [-0.05, 0) is 56.7 Å². The number of piperidine rings is 1. The van der Waals surface area contributed by atoms with E-state index in [9.17, 15) is 4.79 Å². The third-order valence-corrected chi connectivity index (χ3v) is 5.59. The summed E-state index contributed by atoms with van der Waals surface area (Å²) >= 11 is 0. The second-order valence-electron chi connectivity index (χ2n) is 7.50. The molecule has 0 unspecified atom stereocenters. The molecule has 0 N–H and O–H groups in total. The van der Waals surface area contributed by atoms with Gasteiger partial charge in [-0.2, -0.15) is 0 Å². The maximum Gasteiger partial charge on any atom is 0.255 e. The summed E-state index contributed by atoms with van der Waals surface area (Å²) in [5, 5.41) is 0. The third-order valence-electron chi connectivity index (χ3n) is 5.59. The predicted molar refractivity (Wildman–Crippen MR) is 85.6 cm³/mol. The van der Waals surface area contributed by atoms with Crippen LogP contribution >= 0.6 is 0 Å². The summed E-state index contributed by atoms with van der Waals surface area (Å²) in [6.07, 6.45) is 9.95. The maximum absolute atomic E-state index is 12.7. The van der Waals surface area contributed by atoms with Crippen molar-refractivity contribution >= 4 is 5.91 Å². The van der Waals surface area contributed by atoms with E-state index in [0.717, 1.165) is 31.0 Å². The van der Waals surface area contributed by atoms with Gasteiger partial charge >= 0.3 is 0 Å². The molecule has 1 aromatic rings. The molecular formula is C18H25N3O. The Morgan fingerprint density at radius 2 is 2.18 bits per heavy atom. The molecule has 3 aliphatic rings. The number of likely N-dealkylation sites (tertiary alicyclic amines) is 2. The number of rotatable bonds is 3. The lowest BCUT2D eigenvalue weighted by Crippen LogP contribution is -2.47. The van der Waals surface area contributed by atoms with E-state index in [0.29, 0.717) is 5.41 Å². The summed E-state index contributed by atoms with van der Waals surface area (Å²) in [6.45, 7) is 5.55. The second-order valence-corrected chi connectivity index (χ2v) is 7.50. The van der Waals surface area contributed by atoms with Gasteiger partial charge in [-0.3, -0.25) is 9.78 Å². The quantitative estimate of drug-likeness (QED) is 0.860. The number of pyridine rings is 1. The van der Waals surface area contributed by atoms with E-state index in [2.05, 4.69) is 14.8 Å². The Morgan fingerprint density at radius 1 is 1.27 bits per heavy atom. The molecule has 1 aliphatic carbocycles. The molecule has 1 amide bonds. The van der Waals surface area contributed by atoms with Crippen molar-refractivity contribution in [2.45, 2.75) is 32.1 Å². The number of aromatic nitrogens is 1. The van der Waals surface area contributed by atoms with Gasteiger partial charge in [0, 0.05) is 44.0 Å². The van der Waals surface area contributed by atoms with Crippen molar-refractivity contribution in [2.24, 2.45) is 11.3 Å². The van der Waals surface area contributed by atoms with Crippen LogP contribution in [0.15, 0.2) is 24.5 Å². The smallest absolute Gasteiger partial charge is 0.255 e. The molecule has 4 nitrogen and oxygen atoms in total. The summed E-state index contributed by atoms with van der Waals surface area (Å²) in [5.41, 5.74) is 1.08. The maximum atomic E-state index is 12.7. The lowest BCUT2D eigenvalue weighted by molar-refractivity contribution is 0.0527. The van der Waals surface area contributed by atoms with Crippen molar-refractivity contribution in [3.63, 3.8) is 0 Å². The molecule has 1 aromatic heterocycles.